The lowest BCUT2D eigenvalue weighted by Gasteiger charge is -2.12. The van der Waals surface area contributed by atoms with Crippen molar-refractivity contribution in [1.29, 1.82) is 0 Å². The molecule has 4 aromatic carbocycles. The van der Waals surface area contributed by atoms with Crippen LogP contribution in [0.4, 0.5) is 11.4 Å². The van der Waals surface area contributed by atoms with Gasteiger partial charge in [-0.2, -0.15) is 0 Å². The van der Waals surface area contributed by atoms with Gasteiger partial charge < -0.3 is 10.6 Å². The largest absolute Gasteiger partial charge is 0.322 e. The molecule has 0 atom stereocenters. The first-order valence-electron chi connectivity index (χ1n) is 8.97. The molecule has 4 heteroatoms. The molecule has 0 aliphatic rings. The first kappa shape index (κ1) is 17.5. The molecule has 0 fully saturated rings. The molecule has 4 aromatic rings. The molecule has 0 radical (unpaired) electrons. The number of hydrogen-bond donors (Lipinski definition) is 2. The van der Waals surface area contributed by atoms with Crippen molar-refractivity contribution < 1.29 is 9.59 Å². The van der Waals surface area contributed by atoms with Crippen molar-refractivity contribution in [2.24, 2.45) is 0 Å². The smallest absolute Gasteiger partial charge is 0.256 e. The molecular formula is C24H18N2O2. The molecule has 4 rings (SSSR count). The molecule has 0 aliphatic carbocycles. The molecular weight excluding hydrogens is 348 g/mol. The van der Waals surface area contributed by atoms with Crippen molar-refractivity contribution in [3.8, 4) is 0 Å². The van der Waals surface area contributed by atoms with Crippen LogP contribution in [0.5, 0.6) is 0 Å². The average Bonchev–Trinajstić information content (AvgIpc) is 2.74. The van der Waals surface area contributed by atoms with Crippen LogP contribution >= 0.6 is 0 Å². The van der Waals surface area contributed by atoms with Crippen LogP contribution in [-0.4, -0.2) is 11.8 Å². The summed E-state index contributed by atoms with van der Waals surface area (Å²) in [5.74, 6) is -0.506. The molecule has 2 amide bonds. The minimum atomic E-state index is -0.253. The predicted molar refractivity (Wildman–Crippen MR) is 113 cm³/mol. The Bertz CT molecular complexity index is 1050. The van der Waals surface area contributed by atoms with Crippen LogP contribution in [0.3, 0.4) is 0 Å². The number of hydrogen-bond acceptors (Lipinski definition) is 2. The zero-order valence-electron chi connectivity index (χ0n) is 15.1. The summed E-state index contributed by atoms with van der Waals surface area (Å²) in [6, 6.07) is 29.4. The third-order valence-electron chi connectivity index (χ3n) is 4.46. The first-order valence-corrected chi connectivity index (χ1v) is 8.97. The van der Waals surface area contributed by atoms with Gasteiger partial charge in [0.05, 0.1) is 0 Å². The van der Waals surface area contributed by atoms with E-state index in [0.717, 1.165) is 5.39 Å². The van der Waals surface area contributed by atoms with Gasteiger partial charge in [-0.15, -0.1) is 0 Å². The maximum atomic E-state index is 12.9. The van der Waals surface area contributed by atoms with Crippen LogP contribution in [0.25, 0.3) is 10.8 Å². The molecule has 0 unspecified atom stereocenters. The highest BCUT2D eigenvalue weighted by atomic mass is 16.2. The van der Waals surface area contributed by atoms with Crippen molar-refractivity contribution in [2.45, 2.75) is 0 Å². The van der Waals surface area contributed by atoms with E-state index < -0.39 is 0 Å². The highest BCUT2D eigenvalue weighted by Gasteiger charge is 2.17. The maximum Gasteiger partial charge on any atom is 0.256 e. The molecule has 2 N–H and O–H groups in total. The summed E-state index contributed by atoms with van der Waals surface area (Å²) >= 11 is 0. The summed E-state index contributed by atoms with van der Waals surface area (Å²) in [5.41, 5.74) is 2.33. The van der Waals surface area contributed by atoms with Crippen LogP contribution in [-0.2, 0) is 0 Å². The number of carbonyl (C=O) groups is 2. The second-order valence-corrected chi connectivity index (χ2v) is 6.35. The van der Waals surface area contributed by atoms with E-state index in [1.54, 1.807) is 12.1 Å². The van der Waals surface area contributed by atoms with Gasteiger partial charge in [0.1, 0.15) is 0 Å². The molecule has 0 aliphatic heterocycles. The highest BCUT2D eigenvalue weighted by molar-refractivity contribution is 6.20. The van der Waals surface area contributed by atoms with Crippen molar-refractivity contribution >= 4 is 34.0 Å². The molecule has 4 nitrogen and oxygen atoms in total. The highest BCUT2D eigenvalue weighted by Crippen LogP contribution is 2.25. The van der Waals surface area contributed by atoms with E-state index in [1.807, 2.05) is 84.9 Å². The molecule has 28 heavy (non-hydrogen) atoms. The van der Waals surface area contributed by atoms with Crippen molar-refractivity contribution in [3.63, 3.8) is 0 Å². The zero-order chi connectivity index (χ0) is 19.3. The monoisotopic (exact) mass is 366 g/mol. The van der Waals surface area contributed by atoms with E-state index in [2.05, 4.69) is 10.6 Å². The maximum absolute atomic E-state index is 12.9. The van der Waals surface area contributed by atoms with Crippen molar-refractivity contribution in [3.05, 3.63) is 108 Å². The molecule has 0 spiro atoms. The number of anilines is 2. The van der Waals surface area contributed by atoms with E-state index in [9.17, 15) is 9.59 Å². The van der Waals surface area contributed by atoms with E-state index in [0.29, 0.717) is 27.9 Å². The van der Waals surface area contributed by atoms with E-state index in [1.165, 1.54) is 0 Å². The molecule has 0 saturated carbocycles. The third kappa shape index (κ3) is 3.62. The fraction of sp³-hybridized carbons (Fsp3) is 0. The summed E-state index contributed by atoms with van der Waals surface area (Å²) < 4.78 is 0. The lowest BCUT2D eigenvalue weighted by molar-refractivity contribution is 0.102. The quantitative estimate of drug-likeness (QED) is 0.512. The van der Waals surface area contributed by atoms with Gasteiger partial charge >= 0.3 is 0 Å². The summed E-state index contributed by atoms with van der Waals surface area (Å²) in [7, 11) is 0. The standard InChI is InChI=1S/C24H18N2O2/c27-23(25-18-11-3-1-4-12-18)20-15-7-9-17-10-8-16-21(22(17)20)24(28)26-19-13-5-2-6-14-19/h1-16H,(H,25,27)(H,26,28). The summed E-state index contributed by atoms with van der Waals surface area (Å²) in [6.07, 6.45) is 0. The number of fused-ring (bicyclic) bond motifs is 1. The minimum absolute atomic E-state index is 0.253. The topological polar surface area (TPSA) is 58.2 Å². The number of nitrogens with one attached hydrogen (secondary N) is 2. The van der Waals surface area contributed by atoms with E-state index in [4.69, 9.17) is 0 Å². The van der Waals surface area contributed by atoms with Gasteiger partial charge in [-0.3, -0.25) is 9.59 Å². The lowest BCUT2D eigenvalue weighted by atomic mass is 9.98. The third-order valence-corrected chi connectivity index (χ3v) is 4.46. The number of amides is 2. The Morgan fingerprint density at radius 2 is 0.929 bits per heavy atom. The Kier molecular flexibility index (Phi) is 4.85. The van der Waals surface area contributed by atoms with Gasteiger partial charge in [0, 0.05) is 27.9 Å². The Morgan fingerprint density at radius 3 is 1.36 bits per heavy atom. The number of benzene rings is 4. The van der Waals surface area contributed by atoms with E-state index in [-0.39, 0.29) is 11.8 Å². The van der Waals surface area contributed by atoms with Gasteiger partial charge in [0.15, 0.2) is 0 Å². The van der Waals surface area contributed by atoms with Gasteiger partial charge in [-0.1, -0.05) is 60.7 Å². The Labute approximate surface area is 162 Å². The Balaban J connectivity index is 1.74. The van der Waals surface area contributed by atoms with Crippen molar-refractivity contribution in [2.75, 3.05) is 10.6 Å². The van der Waals surface area contributed by atoms with E-state index >= 15 is 0 Å². The number of para-hydroxylation sites is 2. The van der Waals surface area contributed by atoms with Gasteiger partial charge in [-0.25, -0.2) is 0 Å². The van der Waals surface area contributed by atoms with Crippen LogP contribution in [0.15, 0.2) is 97.1 Å². The molecule has 0 bridgehead atoms. The zero-order valence-corrected chi connectivity index (χ0v) is 15.1. The normalized spacial score (nSPS) is 10.4. The second-order valence-electron chi connectivity index (χ2n) is 6.35. The minimum Gasteiger partial charge on any atom is -0.322 e. The summed E-state index contributed by atoms with van der Waals surface area (Å²) in [5, 5.41) is 7.26. The van der Waals surface area contributed by atoms with Crippen LogP contribution < -0.4 is 10.6 Å². The molecule has 0 aromatic heterocycles. The van der Waals surface area contributed by atoms with Crippen LogP contribution in [0.1, 0.15) is 20.7 Å². The Morgan fingerprint density at radius 1 is 0.500 bits per heavy atom. The fourth-order valence-electron chi connectivity index (χ4n) is 3.16. The SMILES string of the molecule is O=C(Nc1ccccc1)c1cccc2cccc(C(=O)Nc3ccccc3)c12. The van der Waals surface area contributed by atoms with Crippen LogP contribution in [0.2, 0.25) is 0 Å². The predicted octanol–water partition coefficient (Wildman–Crippen LogP) is 5.34. The van der Waals surface area contributed by atoms with Crippen LogP contribution in [0, 0.1) is 0 Å². The average molecular weight is 366 g/mol. The molecule has 0 heterocycles. The van der Waals surface area contributed by atoms with Crippen molar-refractivity contribution in [1.82, 2.24) is 0 Å². The number of rotatable bonds is 4. The van der Waals surface area contributed by atoms with Gasteiger partial charge in [-0.05, 0) is 41.8 Å². The lowest BCUT2D eigenvalue weighted by Crippen LogP contribution is -2.16. The van der Waals surface area contributed by atoms with Gasteiger partial charge in [0.2, 0.25) is 0 Å². The Hall–Kier alpha value is -3.92. The molecule has 136 valence electrons. The summed E-state index contributed by atoms with van der Waals surface area (Å²) in [6.45, 7) is 0. The fourth-order valence-corrected chi connectivity index (χ4v) is 3.16. The molecule has 0 saturated heterocycles. The van der Waals surface area contributed by atoms with Gasteiger partial charge in [0.25, 0.3) is 11.8 Å². The second kappa shape index (κ2) is 7.76. The first-order chi connectivity index (χ1) is 13.7. The summed E-state index contributed by atoms with van der Waals surface area (Å²) in [4.78, 5) is 25.8. The number of carbonyl (C=O) groups excluding carboxylic acids is 2.